The monoisotopic (exact) mass is 368 g/mol. The molecule has 1 saturated heterocycles. The molecule has 1 amide bonds. The maximum absolute atomic E-state index is 12.6. The van der Waals surface area contributed by atoms with E-state index >= 15 is 0 Å². The molecular formula is C17H22NO6S-. The van der Waals surface area contributed by atoms with Crippen molar-refractivity contribution >= 4 is 23.1 Å². The zero-order valence-electron chi connectivity index (χ0n) is 14.7. The molecule has 1 heterocycles. The second-order valence-corrected chi connectivity index (χ2v) is 7.72. The van der Waals surface area contributed by atoms with Gasteiger partial charge < -0.3 is 18.9 Å². The Labute approximate surface area is 149 Å². The van der Waals surface area contributed by atoms with Gasteiger partial charge in [-0.25, -0.2) is 4.79 Å². The third-order valence-corrected chi connectivity index (χ3v) is 4.68. The Kier molecular flexibility index (Phi) is 5.84. The lowest BCUT2D eigenvalue weighted by atomic mass is 9.93. The first-order valence-electron chi connectivity index (χ1n) is 7.91. The van der Waals surface area contributed by atoms with Gasteiger partial charge in [0, 0.05) is 11.4 Å². The van der Waals surface area contributed by atoms with E-state index in [0.717, 1.165) is 0 Å². The molecule has 3 unspecified atom stereocenters. The van der Waals surface area contributed by atoms with Gasteiger partial charge in [0.1, 0.15) is 5.60 Å². The number of esters is 1. The van der Waals surface area contributed by atoms with E-state index < -0.39 is 40.7 Å². The Morgan fingerprint density at radius 1 is 1.28 bits per heavy atom. The first-order chi connectivity index (χ1) is 11.7. The molecule has 8 heteroatoms. The Balaban J connectivity index is 2.47. The summed E-state index contributed by atoms with van der Waals surface area (Å²) in [5.74, 6) is -1.13. The van der Waals surface area contributed by atoms with E-state index in [2.05, 4.69) is 0 Å². The van der Waals surface area contributed by atoms with Crippen molar-refractivity contribution in [2.24, 2.45) is 5.92 Å². The highest BCUT2D eigenvalue weighted by Gasteiger charge is 2.44. The minimum absolute atomic E-state index is 0.0526. The number of amides is 1. The minimum Gasteiger partial charge on any atom is -0.768 e. The molecule has 3 atom stereocenters. The molecule has 0 saturated carbocycles. The quantitative estimate of drug-likeness (QED) is 0.600. The van der Waals surface area contributed by atoms with Crippen LogP contribution in [0.4, 0.5) is 4.79 Å². The van der Waals surface area contributed by atoms with Gasteiger partial charge in [-0.1, -0.05) is 18.2 Å². The maximum Gasteiger partial charge on any atom is 0.410 e. The van der Waals surface area contributed by atoms with Crippen molar-refractivity contribution < 1.29 is 27.8 Å². The van der Waals surface area contributed by atoms with Gasteiger partial charge in [0.2, 0.25) is 0 Å². The predicted octanol–water partition coefficient (Wildman–Crippen LogP) is 2.40. The number of carbonyl (C=O) groups is 2. The van der Waals surface area contributed by atoms with Crippen LogP contribution in [-0.4, -0.2) is 45.0 Å². The first kappa shape index (κ1) is 19.4. The Morgan fingerprint density at radius 2 is 1.92 bits per heavy atom. The summed E-state index contributed by atoms with van der Waals surface area (Å²) in [6, 6.07) is 5.56. The number of benzene rings is 1. The van der Waals surface area contributed by atoms with E-state index in [9.17, 15) is 18.4 Å². The van der Waals surface area contributed by atoms with Crippen molar-refractivity contribution in [1.82, 2.24) is 4.90 Å². The van der Waals surface area contributed by atoms with E-state index in [-0.39, 0.29) is 11.4 Å². The summed E-state index contributed by atoms with van der Waals surface area (Å²) in [7, 11) is 1.27. The Hall–Kier alpha value is -1.93. The second kappa shape index (κ2) is 7.53. The molecule has 0 bridgehead atoms. The summed E-state index contributed by atoms with van der Waals surface area (Å²) in [5, 5.41) is 0. The van der Waals surface area contributed by atoms with Crippen molar-refractivity contribution in [3.63, 3.8) is 0 Å². The number of nitrogens with zero attached hydrogens (tertiary/aromatic N) is 1. The zero-order valence-corrected chi connectivity index (χ0v) is 15.5. The van der Waals surface area contributed by atoms with Gasteiger partial charge in [-0.15, -0.1) is 0 Å². The van der Waals surface area contributed by atoms with Crippen LogP contribution in [0.25, 0.3) is 0 Å². The summed E-state index contributed by atoms with van der Waals surface area (Å²) >= 11 is -2.49. The molecular weight excluding hydrogens is 346 g/mol. The number of rotatable bonds is 3. The van der Waals surface area contributed by atoms with Gasteiger partial charge in [-0.05, 0) is 49.9 Å². The minimum atomic E-state index is -2.49. The molecule has 0 N–H and O–H groups in total. The van der Waals surface area contributed by atoms with Crippen LogP contribution in [0, 0.1) is 5.92 Å². The number of methoxy groups -OCH3 is 1. The molecule has 1 fully saturated rings. The smallest absolute Gasteiger partial charge is 0.410 e. The van der Waals surface area contributed by atoms with Crippen LogP contribution in [0.1, 0.15) is 38.8 Å². The van der Waals surface area contributed by atoms with Crippen LogP contribution < -0.4 is 0 Å². The fourth-order valence-corrected chi connectivity index (χ4v) is 3.55. The van der Waals surface area contributed by atoms with E-state index in [1.54, 1.807) is 39.0 Å². The van der Waals surface area contributed by atoms with Crippen LogP contribution in [0.3, 0.4) is 0 Å². The first-order valence-corrected chi connectivity index (χ1v) is 8.99. The van der Waals surface area contributed by atoms with E-state index in [0.29, 0.717) is 12.0 Å². The molecule has 1 aromatic carbocycles. The molecule has 0 radical (unpaired) electrons. The van der Waals surface area contributed by atoms with E-state index in [4.69, 9.17) is 9.47 Å². The molecule has 138 valence electrons. The summed E-state index contributed by atoms with van der Waals surface area (Å²) in [4.78, 5) is 26.2. The molecule has 0 spiro atoms. The number of hydrogen-bond donors (Lipinski definition) is 0. The number of hydrogen-bond acceptors (Lipinski definition) is 6. The highest BCUT2D eigenvalue weighted by Crippen LogP contribution is 2.40. The van der Waals surface area contributed by atoms with Crippen molar-refractivity contribution in [2.75, 3.05) is 13.7 Å². The highest BCUT2D eigenvalue weighted by molar-refractivity contribution is 7.79. The van der Waals surface area contributed by atoms with E-state index in [1.807, 2.05) is 0 Å². The molecule has 7 nitrogen and oxygen atoms in total. The van der Waals surface area contributed by atoms with Crippen molar-refractivity contribution in [3.05, 3.63) is 29.8 Å². The lowest BCUT2D eigenvalue weighted by Crippen LogP contribution is -2.38. The fourth-order valence-electron chi connectivity index (χ4n) is 2.98. The Bertz CT molecular complexity index is 684. The molecule has 1 aromatic rings. The van der Waals surface area contributed by atoms with Crippen molar-refractivity contribution in [2.45, 2.75) is 43.7 Å². The molecule has 1 aliphatic heterocycles. The predicted molar refractivity (Wildman–Crippen MR) is 89.4 cm³/mol. The van der Waals surface area contributed by atoms with Crippen LogP contribution in [0.2, 0.25) is 0 Å². The average Bonchev–Trinajstić information content (AvgIpc) is 2.97. The molecule has 1 aliphatic rings. The number of likely N-dealkylation sites (tertiary alicyclic amines) is 1. The van der Waals surface area contributed by atoms with Crippen LogP contribution in [-0.2, 0) is 25.3 Å². The van der Waals surface area contributed by atoms with Crippen LogP contribution >= 0.6 is 0 Å². The topological polar surface area (TPSA) is 96.0 Å². The van der Waals surface area contributed by atoms with Crippen LogP contribution in [0.15, 0.2) is 29.2 Å². The fraction of sp³-hybridized carbons (Fsp3) is 0.529. The summed E-state index contributed by atoms with van der Waals surface area (Å²) < 4.78 is 33.4. The Morgan fingerprint density at radius 3 is 2.48 bits per heavy atom. The number of ether oxygens (including phenoxy) is 2. The van der Waals surface area contributed by atoms with Gasteiger partial charge in [0.25, 0.3) is 0 Å². The second-order valence-electron chi connectivity index (χ2n) is 6.81. The summed E-state index contributed by atoms with van der Waals surface area (Å²) in [6.45, 7) is 5.51. The lowest BCUT2D eigenvalue weighted by molar-refractivity contribution is -0.146. The van der Waals surface area contributed by atoms with Crippen LogP contribution in [0.5, 0.6) is 0 Å². The normalized spacial score (nSPS) is 21.7. The molecule has 0 aliphatic carbocycles. The van der Waals surface area contributed by atoms with Gasteiger partial charge in [-0.3, -0.25) is 9.00 Å². The van der Waals surface area contributed by atoms with Gasteiger partial charge in [0.15, 0.2) is 0 Å². The molecule has 0 aromatic heterocycles. The summed E-state index contributed by atoms with van der Waals surface area (Å²) in [6.07, 6.45) is -0.216. The third kappa shape index (κ3) is 4.38. The molecule has 25 heavy (non-hydrogen) atoms. The van der Waals surface area contributed by atoms with E-state index in [1.165, 1.54) is 18.1 Å². The molecule has 2 rings (SSSR count). The highest BCUT2D eigenvalue weighted by atomic mass is 32.2. The standard InChI is InChI=1S/C17H23NO6S/c1-17(2,3)24-16(20)18-10-9-12(15(19)23-4)14(18)11-7-5-6-8-13(11)25(21)22/h5-8,12,14H,9-10H2,1-4H3,(H,21,22)/p-1. The SMILES string of the molecule is COC(=O)C1CCN(C(=O)OC(C)(C)C)C1c1ccccc1S(=O)[O-]. The van der Waals surface area contributed by atoms with Crippen molar-refractivity contribution in [3.8, 4) is 0 Å². The number of carbonyl (C=O) groups excluding carboxylic acids is 2. The largest absolute Gasteiger partial charge is 0.768 e. The average molecular weight is 368 g/mol. The van der Waals surface area contributed by atoms with Gasteiger partial charge in [0.05, 0.1) is 19.1 Å². The van der Waals surface area contributed by atoms with Gasteiger partial charge in [-0.2, -0.15) is 0 Å². The summed E-state index contributed by atoms with van der Waals surface area (Å²) in [5.41, 5.74) is -0.319. The van der Waals surface area contributed by atoms with Gasteiger partial charge >= 0.3 is 12.1 Å². The maximum atomic E-state index is 12.6. The lowest BCUT2D eigenvalue weighted by Gasteiger charge is -2.31. The van der Waals surface area contributed by atoms with Crippen molar-refractivity contribution in [1.29, 1.82) is 0 Å². The zero-order chi connectivity index (χ0) is 18.8. The third-order valence-electron chi connectivity index (χ3n) is 3.95.